The van der Waals surface area contributed by atoms with Crippen LogP contribution in [0.3, 0.4) is 0 Å². The first-order valence-electron chi connectivity index (χ1n) is 5.18. The zero-order chi connectivity index (χ0) is 12.0. The molecule has 1 saturated heterocycles. The second-order valence-corrected chi connectivity index (χ2v) is 3.65. The van der Waals surface area contributed by atoms with Crippen molar-refractivity contribution in [3.05, 3.63) is 0 Å². The third-order valence-corrected chi connectivity index (χ3v) is 2.58. The molecule has 0 radical (unpaired) electrons. The van der Waals surface area contributed by atoms with Crippen LogP contribution in [-0.2, 0) is 14.3 Å². The molecule has 2 atom stereocenters. The number of carbonyl (C=O) groups excluding carboxylic acids is 1. The molecule has 0 aromatic carbocycles. The lowest BCUT2D eigenvalue weighted by atomic mass is 10.2. The number of aliphatic hydroxyl groups excluding tert-OH is 1. The Hall–Kier alpha value is -0.730. The highest BCUT2D eigenvalue weighted by Gasteiger charge is 2.30. The minimum Gasteiger partial charge on any atom is -0.394 e. The van der Waals surface area contributed by atoms with Crippen LogP contribution in [0.2, 0.25) is 0 Å². The highest BCUT2D eigenvalue weighted by Crippen LogP contribution is 2.09. The van der Waals surface area contributed by atoms with Crippen molar-refractivity contribution in [2.24, 2.45) is 5.84 Å². The zero-order valence-electron chi connectivity index (χ0n) is 9.39. The number of nitrogens with one attached hydrogen (secondary N) is 1. The summed E-state index contributed by atoms with van der Waals surface area (Å²) in [5.41, 5.74) is 2.12. The van der Waals surface area contributed by atoms with E-state index in [4.69, 9.17) is 20.4 Å². The van der Waals surface area contributed by atoms with E-state index >= 15 is 0 Å². The van der Waals surface area contributed by atoms with Gasteiger partial charge >= 0.3 is 0 Å². The Morgan fingerprint density at radius 2 is 2.56 bits per heavy atom. The molecule has 0 saturated carbocycles. The molecular weight excluding hydrogens is 214 g/mol. The van der Waals surface area contributed by atoms with Gasteiger partial charge in [-0.2, -0.15) is 0 Å². The summed E-state index contributed by atoms with van der Waals surface area (Å²) in [7, 11) is 1.53. The Labute approximate surface area is 94.5 Å². The molecule has 1 aliphatic heterocycles. The number of nitrogens with two attached hydrogens (primary N) is 1. The Morgan fingerprint density at radius 3 is 3.12 bits per heavy atom. The molecule has 1 amide bonds. The third kappa shape index (κ3) is 3.39. The van der Waals surface area contributed by atoms with Crippen LogP contribution in [0.4, 0.5) is 0 Å². The van der Waals surface area contributed by atoms with Gasteiger partial charge in [0, 0.05) is 20.2 Å². The number of hydrazine groups is 1. The third-order valence-electron chi connectivity index (χ3n) is 2.58. The highest BCUT2D eigenvalue weighted by molar-refractivity contribution is 5.81. The molecule has 0 aromatic heterocycles. The lowest BCUT2D eigenvalue weighted by Crippen LogP contribution is -2.56. The number of rotatable bonds is 5. The van der Waals surface area contributed by atoms with Gasteiger partial charge in [0.15, 0.2) is 0 Å². The molecule has 7 nitrogen and oxygen atoms in total. The Balaban J connectivity index is 2.58. The van der Waals surface area contributed by atoms with Crippen molar-refractivity contribution in [3.63, 3.8) is 0 Å². The predicted octanol–water partition coefficient (Wildman–Crippen LogP) is -2.32. The number of hydrogen-bond donors (Lipinski definition) is 3. The van der Waals surface area contributed by atoms with Crippen molar-refractivity contribution in [2.45, 2.75) is 12.1 Å². The number of morpholine rings is 1. The monoisotopic (exact) mass is 233 g/mol. The lowest BCUT2D eigenvalue weighted by Gasteiger charge is -2.36. The van der Waals surface area contributed by atoms with Crippen molar-refractivity contribution >= 4 is 5.91 Å². The summed E-state index contributed by atoms with van der Waals surface area (Å²) in [6.07, 6.45) is -0.251. The van der Waals surface area contributed by atoms with Gasteiger partial charge in [0.05, 0.1) is 25.9 Å². The van der Waals surface area contributed by atoms with Crippen molar-refractivity contribution in [1.82, 2.24) is 10.3 Å². The van der Waals surface area contributed by atoms with Crippen molar-refractivity contribution in [1.29, 1.82) is 0 Å². The molecule has 7 heteroatoms. The van der Waals surface area contributed by atoms with Gasteiger partial charge in [-0.15, -0.1) is 0 Å². The second kappa shape index (κ2) is 6.77. The van der Waals surface area contributed by atoms with E-state index in [1.54, 1.807) is 0 Å². The maximum Gasteiger partial charge on any atom is 0.253 e. The van der Waals surface area contributed by atoms with E-state index in [9.17, 15) is 4.79 Å². The van der Waals surface area contributed by atoms with E-state index in [-0.39, 0.29) is 25.2 Å². The average molecular weight is 233 g/mol. The Bertz CT molecular complexity index is 227. The number of ether oxygens (including phenoxy) is 2. The summed E-state index contributed by atoms with van der Waals surface area (Å²) in [5, 5.41) is 9.01. The van der Waals surface area contributed by atoms with Crippen LogP contribution in [0.1, 0.15) is 0 Å². The smallest absolute Gasteiger partial charge is 0.253 e. The molecule has 0 spiro atoms. The molecule has 1 rings (SSSR count). The fourth-order valence-electron chi connectivity index (χ4n) is 1.74. The van der Waals surface area contributed by atoms with Gasteiger partial charge in [-0.05, 0) is 0 Å². The van der Waals surface area contributed by atoms with Crippen LogP contribution in [0.15, 0.2) is 0 Å². The van der Waals surface area contributed by atoms with Gasteiger partial charge in [0.2, 0.25) is 0 Å². The maximum atomic E-state index is 11.5. The molecule has 4 N–H and O–H groups in total. The lowest BCUT2D eigenvalue weighted by molar-refractivity contribution is -0.133. The summed E-state index contributed by atoms with van der Waals surface area (Å²) < 4.78 is 10.3. The van der Waals surface area contributed by atoms with E-state index in [1.165, 1.54) is 7.11 Å². The molecule has 1 aliphatic rings. The van der Waals surface area contributed by atoms with Crippen molar-refractivity contribution in [2.75, 3.05) is 40.0 Å². The first-order valence-corrected chi connectivity index (χ1v) is 5.18. The Morgan fingerprint density at radius 1 is 1.81 bits per heavy atom. The summed E-state index contributed by atoms with van der Waals surface area (Å²) in [6, 6.07) is -0.437. The molecular formula is C9H19N3O4. The summed E-state index contributed by atoms with van der Waals surface area (Å²) in [6.45, 7) is 1.82. The standard InChI is InChI=1S/C9H19N3O4/c1-15-6-8(9(14)11-10)12-2-3-16-7(4-12)5-13/h7-8,13H,2-6,10H2,1H3,(H,11,14). The van der Waals surface area contributed by atoms with Crippen molar-refractivity contribution in [3.8, 4) is 0 Å². The largest absolute Gasteiger partial charge is 0.394 e. The number of methoxy groups -OCH3 is 1. The summed E-state index contributed by atoms with van der Waals surface area (Å²) in [5.74, 6) is 4.82. The van der Waals surface area contributed by atoms with Crippen LogP contribution in [-0.4, -0.2) is 68.1 Å². The Kier molecular flexibility index (Phi) is 5.64. The molecule has 2 unspecified atom stereocenters. The highest BCUT2D eigenvalue weighted by atomic mass is 16.5. The fourth-order valence-corrected chi connectivity index (χ4v) is 1.74. The molecule has 16 heavy (non-hydrogen) atoms. The van der Waals surface area contributed by atoms with E-state index in [0.717, 1.165) is 0 Å². The number of aliphatic hydroxyl groups is 1. The predicted molar refractivity (Wildman–Crippen MR) is 56.4 cm³/mol. The topological polar surface area (TPSA) is 97.0 Å². The molecule has 0 aliphatic carbocycles. The maximum absolute atomic E-state index is 11.5. The van der Waals surface area contributed by atoms with Crippen LogP contribution in [0, 0.1) is 0 Å². The normalized spacial score (nSPS) is 24.1. The first kappa shape index (κ1) is 13.3. The van der Waals surface area contributed by atoms with Gasteiger partial charge in [-0.3, -0.25) is 15.1 Å². The summed E-state index contributed by atoms with van der Waals surface area (Å²) >= 11 is 0. The fraction of sp³-hybridized carbons (Fsp3) is 0.889. The minimum atomic E-state index is -0.437. The zero-order valence-corrected chi connectivity index (χ0v) is 9.39. The van der Waals surface area contributed by atoms with E-state index < -0.39 is 6.04 Å². The number of amides is 1. The van der Waals surface area contributed by atoms with Gasteiger partial charge in [-0.1, -0.05) is 0 Å². The van der Waals surface area contributed by atoms with E-state index in [2.05, 4.69) is 5.43 Å². The van der Waals surface area contributed by atoms with Gasteiger partial charge in [0.25, 0.3) is 5.91 Å². The molecule has 0 aromatic rings. The number of nitrogens with zero attached hydrogens (tertiary/aromatic N) is 1. The minimum absolute atomic E-state index is 0.0551. The van der Waals surface area contributed by atoms with Crippen LogP contribution < -0.4 is 11.3 Å². The van der Waals surface area contributed by atoms with Gasteiger partial charge in [0.1, 0.15) is 6.04 Å². The molecule has 1 fully saturated rings. The molecule has 1 heterocycles. The van der Waals surface area contributed by atoms with Crippen LogP contribution >= 0.6 is 0 Å². The van der Waals surface area contributed by atoms with Crippen LogP contribution in [0.25, 0.3) is 0 Å². The molecule has 0 bridgehead atoms. The van der Waals surface area contributed by atoms with Crippen LogP contribution in [0.5, 0.6) is 0 Å². The first-order chi connectivity index (χ1) is 7.72. The summed E-state index contributed by atoms with van der Waals surface area (Å²) in [4.78, 5) is 13.4. The number of carbonyl (C=O) groups is 1. The van der Waals surface area contributed by atoms with E-state index in [0.29, 0.717) is 19.7 Å². The number of hydrogen-bond acceptors (Lipinski definition) is 6. The second-order valence-electron chi connectivity index (χ2n) is 3.65. The van der Waals surface area contributed by atoms with Crippen molar-refractivity contribution < 1.29 is 19.4 Å². The average Bonchev–Trinajstić information content (AvgIpc) is 2.35. The quantitative estimate of drug-likeness (QED) is 0.280. The van der Waals surface area contributed by atoms with Gasteiger partial charge in [-0.25, -0.2) is 5.84 Å². The van der Waals surface area contributed by atoms with Gasteiger partial charge < -0.3 is 14.6 Å². The van der Waals surface area contributed by atoms with E-state index in [1.807, 2.05) is 4.90 Å². The molecule has 94 valence electrons. The SMILES string of the molecule is COCC(C(=O)NN)N1CCOC(CO)C1.